The van der Waals surface area contributed by atoms with Gasteiger partial charge in [-0.25, -0.2) is 0 Å². The van der Waals surface area contributed by atoms with Crippen LogP contribution in [0.4, 0.5) is 0 Å². The molecule has 0 aliphatic heterocycles. The van der Waals surface area contributed by atoms with Gasteiger partial charge in [0.2, 0.25) is 5.91 Å². The maximum Gasteiger partial charge on any atom is 0.251 e. The van der Waals surface area contributed by atoms with Gasteiger partial charge in [-0.3, -0.25) is 9.59 Å². The summed E-state index contributed by atoms with van der Waals surface area (Å²) in [6.45, 7) is 4.54. The Labute approximate surface area is 166 Å². The van der Waals surface area contributed by atoms with Crippen molar-refractivity contribution in [2.24, 2.45) is 5.92 Å². The van der Waals surface area contributed by atoms with Crippen molar-refractivity contribution in [3.8, 4) is 0 Å². The highest BCUT2D eigenvalue weighted by molar-refractivity contribution is 7.98. The van der Waals surface area contributed by atoms with E-state index in [1.165, 1.54) is 4.90 Å². The molecule has 5 heteroatoms. The first kappa shape index (κ1) is 21.0. The predicted molar refractivity (Wildman–Crippen MR) is 112 cm³/mol. The number of nitrogens with one attached hydrogen (secondary N) is 1. The summed E-state index contributed by atoms with van der Waals surface area (Å²) in [4.78, 5) is 28.5. The zero-order valence-corrected chi connectivity index (χ0v) is 17.3. The first-order chi connectivity index (χ1) is 13.0. The molecule has 2 atom stereocenters. The van der Waals surface area contributed by atoms with Crippen LogP contribution in [-0.4, -0.2) is 36.1 Å². The fourth-order valence-corrected chi connectivity index (χ4v) is 3.23. The average molecular weight is 385 g/mol. The summed E-state index contributed by atoms with van der Waals surface area (Å²) >= 11 is 1.69. The van der Waals surface area contributed by atoms with Crippen LogP contribution in [0.3, 0.4) is 0 Å². The van der Waals surface area contributed by atoms with E-state index in [1.807, 2.05) is 50.4 Å². The maximum atomic E-state index is 13.0. The summed E-state index contributed by atoms with van der Waals surface area (Å²) in [7, 11) is 1.79. The van der Waals surface area contributed by atoms with Crippen molar-refractivity contribution in [2.75, 3.05) is 13.3 Å². The lowest BCUT2D eigenvalue weighted by Gasteiger charge is -2.28. The van der Waals surface area contributed by atoms with Crippen LogP contribution in [0.15, 0.2) is 59.5 Å². The lowest BCUT2D eigenvalue weighted by atomic mass is 9.97. The number of likely N-dealkylation sites (N-methyl/N-ethyl adjacent to an activating group) is 1. The minimum Gasteiger partial charge on any atom is -0.340 e. The summed E-state index contributed by atoms with van der Waals surface area (Å²) < 4.78 is 0. The molecule has 2 aromatic carbocycles. The largest absolute Gasteiger partial charge is 0.340 e. The van der Waals surface area contributed by atoms with E-state index in [9.17, 15) is 9.59 Å². The molecule has 144 valence electrons. The molecule has 2 unspecified atom stereocenters. The lowest BCUT2D eigenvalue weighted by Crippen LogP contribution is -2.50. The molecule has 0 aliphatic carbocycles. The Kier molecular flexibility index (Phi) is 7.92. The molecule has 4 nitrogen and oxygen atoms in total. The van der Waals surface area contributed by atoms with Gasteiger partial charge in [0.15, 0.2) is 0 Å². The van der Waals surface area contributed by atoms with Crippen LogP contribution in [0.5, 0.6) is 0 Å². The van der Waals surface area contributed by atoms with Crippen LogP contribution >= 0.6 is 11.8 Å². The normalized spacial score (nSPS) is 12.9. The van der Waals surface area contributed by atoms with Gasteiger partial charge in [-0.1, -0.05) is 50.6 Å². The highest BCUT2D eigenvalue weighted by Crippen LogP contribution is 2.17. The SMILES string of the molecule is CCC(C)C(NC(=O)c1ccccc1)C(=O)N(C)Cc1ccc(SC)cc1. The number of benzene rings is 2. The predicted octanol–water partition coefficient (Wildman–Crippen LogP) is 4.21. The van der Waals surface area contributed by atoms with Gasteiger partial charge in [-0.15, -0.1) is 11.8 Å². The smallest absolute Gasteiger partial charge is 0.251 e. The summed E-state index contributed by atoms with van der Waals surface area (Å²) in [5.74, 6) is -0.235. The van der Waals surface area contributed by atoms with Gasteiger partial charge in [0.05, 0.1) is 0 Å². The Bertz CT molecular complexity index is 747. The molecule has 0 spiro atoms. The number of thioether (sulfide) groups is 1. The molecule has 0 saturated heterocycles. The van der Waals surface area contributed by atoms with Crippen LogP contribution in [0.1, 0.15) is 36.2 Å². The average Bonchev–Trinajstić information content (AvgIpc) is 2.71. The number of amides is 2. The molecule has 0 aliphatic rings. The Morgan fingerprint density at radius 2 is 1.70 bits per heavy atom. The first-order valence-corrected chi connectivity index (χ1v) is 10.4. The number of hydrogen-bond donors (Lipinski definition) is 1. The van der Waals surface area contributed by atoms with Crippen molar-refractivity contribution in [3.05, 3.63) is 65.7 Å². The number of rotatable bonds is 8. The molecule has 2 rings (SSSR count). The van der Waals surface area contributed by atoms with Crippen molar-refractivity contribution in [1.29, 1.82) is 0 Å². The molecule has 1 N–H and O–H groups in total. The Morgan fingerprint density at radius 3 is 2.26 bits per heavy atom. The quantitative estimate of drug-likeness (QED) is 0.694. The Morgan fingerprint density at radius 1 is 1.07 bits per heavy atom. The van der Waals surface area contributed by atoms with Crippen molar-refractivity contribution >= 4 is 23.6 Å². The Balaban J connectivity index is 2.09. The number of carbonyl (C=O) groups excluding carboxylic acids is 2. The fourth-order valence-electron chi connectivity index (χ4n) is 2.82. The number of nitrogens with zero attached hydrogens (tertiary/aromatic N) is 1. The van der Waals surface area contributed by atoms with Gasteiger partial charge in [-0.2, -0.15) is 0 Å². The highest BCUT2D eigenvalue weighted by atomic mass is 32.2. The van der Waals surface area contributed by atoms with Gasteiger partial charge in [0.25, 0.3) is 5.91 Å². The second kappa shape index (κ2) is 10.2. The summed E-state index contributed by atoms with van der Waals surface area (Å²) in [5, 5.41) is 2.94. The van der Waals surface area contributed by atoms with E-state index in [1.54, 1.807) is 35.8 Å². The van der Waals surface area contributed by atoms with Crippen LogP contribution in [-0.2, 0) is 11.3 Å². The molecule has 0 heterocycles. The zero-order chi connectivity index (χ0) is 19.8. The molecule has 0 radical (unpaired) electrons. The zero-order valence-electron chi connectivity index (χ0n) is 16.4. The van der Waals surface area contributed by atoms with Crippen molar-refractivity contribution in [3.63, 3.8) is 0 Å². The van der Waals surface area contributed by atoms with E-state index in [4.69, 9.17) is 0 Å². The van der Waals surface area contributed by atoms with Crippen molar-refractivity contribution < 1.29 is 9.59 Å². The maximum absolute atomic E-state index is 13.0. The van der Waals surface area contributed by atoms with Crippen LogP contribution in [0, 0.1) is 5.92 Å². The summed E-state index contributed by atoms with van der Waals surface area (Å²) in [5.41, 5.74) is 1.63. The molecule has 0 bridgehead atoms. The number of carbonyl (C=O) groups is 2. The molecule has 2 amide bonds. The van der Waals surface area contributed by atoms with Gasteiger partial charge >= 0.3 is 0 Å². The molecular formula is C22H28N2O2S. The fraction of sp³-hybridized carbons (Fsp3) is 0.364. The van der Waals surface area contributed by atoms with E-state index in [2.05, 4.69) is 17.4 Å². The highest BCUT2D eigenvalue weighted by Gasteiger charge is 2.28. The molecule has 0 fully saturated rings. The molecule has 2 aromatic rings. The van der Waals surface area contributed by atoms with Gasteiger partial charge < -0.3 is 10.2 Å². The molecular weight excluding hydrogens is 356 g/mol. The summed E-state index contributed by atoms with van der Waals surface area (Å²) in [6.07, 6.45) is 2.85. The second-order valence-corrected chi connectivity index (χ2v) is 7.62. The third-order valence-electron chi connectivity index (χ3n) is 4.76. The van der Waals surface area contributed by atoms with E-state index < -0.39 is 6.04 Å². The van der Waals surface area contributed by atoms with Gasteiger partial charge in [0, 0.05) is 24.1 Å². The standard InChI is InChI=1S/C22H28N2O2S/c1-5-16(2)20(23-21(25)18-9-7-6-8-10-18)22(26)24(3)15-17-11-13-19(27-4)14-12-17/h6-14,16,20H,5,15H2,1-4H3,(H,23,25). The van der Waals surface area contributed by atoms with Crippen LogP contribution in [0.2, 0.25) is 0 Å². The van der Waals surface area contributed by atoms with Gasteiger partial charge in [-0.05, 0) is 42.0 Å². The third kappa shape index (κ3) is 5.86. The monoisotopic (exact) mass is 384 g/mol. The molecule has 27 heavy (non-hydrogen) atoms. The van der Waals surface area contributed by atoms with E-state index in [0.29, 0.717) is 12.1 Å². The van der Waals surface area contributed by atoms with E-state index in [-0.39, 0.29) is 17.7 Å². The first-order valence-electron chi connectivity index (χ1n) is 9.20. The third-order valence-corrected chi connectivity index (χ3v) is 5.50. The minimum absolute atomic E-state index is 0.0477. The van der Waals surface area contributed by atoms with Gasteiger partial charge in [0.1, 0.15) is 6.04 Å². The van der Waals surface area contributed by atoms with E-state index in [0.717, 1.165) is 12.0 Å². The lowest BCUT2D eigenvalue weighted by molar-refractivity contribution is -0.133. The van der Waals surface area contributed by atoms with E-state index >= 15 is 0 Å². The second-order valence-electron chi connectivity index (χ2n) is 6.75. The number of hydrogen-bond acceptors (Lipinski definition) is 3. The van der Waals surface area contributed by atoms with Crippen molar-refractivity contribution in [2.45, 2.75) is 37.8 Å². The molecule has 0 saturated carbocycles. The molecule has 0 aromatic heterocycles. The summed E-state index contributed by atoms with van der Waals surface area (Å²) in [6, 6.07) is 16.7. The van der Waals surface area contributed by atoms with Crippen LogP contribution in [0.25, 0.3) is 0 Å². The minimum atomic E-state index is -0.543. The Hall–Kier alpha value is -2.27. The van der Waals surface area contributed by atoms with Crippen LogP contribution < -0.4 is 5.32 Å². The topological polar surface area (TPSA) is 49.4 Å². The van der Waals surface area contributed by atoms with Crippen molar-refractivity contribution in [1.82, 2.24) is 10.2 Å².